The van der Waals surface area contributed by atoms with E-state index in [0.717, 1.165) is 27.6 Å². The van der Waals surface area contributed by atoms with Gasteiger partial charge in [-0.05, 0) is 41.8 Å². The molecule has 2 aromatic carbocycles. The van der Waals surface area contributed by atoms with Crippen molar-refractivity contribution in [3.8, 4) is 11.1 Å². The molecule has 1 heterocycles. The molecule has 1 atom stereocenters. The Hall–Kier alpha value is -2.46. The monoisotopic (exact) mass is 345 g/mol. The fourth-order valence-electron chi connectivity index (χ4n) is 2.63. The molecule has 1 aromatic heterocycles. The molecular formula is C19H17ClFNO2. The van der Waals surface area contributed by atoms with Gasteiger partial charge in [-0.25, -0.2) is 4.39 Å². The van der Waals surface area contributed by atoms with Crippen molar-refractivity contribution < 1.29 is 14.3 Å². The van der Waals surface area contributed by atoms with Gasteiger partial charge in [-0.15, -0.1) is 12.4 Å². The van der Waals surface area contributed by atoms with Crippen LogP contribution in [0.1, 0.15) is 12.5 Å². The Kier molecular flexibility index (Phi) is 5.52. The number of rotatable bonds is 4. The van der Waals surface area contributed by atoms with Crippen molar-refractivity contribution >= 4 is 29.3 Å². The van der Waals surface area contributed by atoms with E-state index in [1.165, 1.54) is 12.1 Å². The number of aromatic nitrogens is 1. The lowest BCUT2D eigenvalue weighted by Gasteiger charge is -2.11. The normalized spacial score (nSPS) is 11.8. The molecule has 0 aliphatic carbocycles. The molecule has 1 unspecified atom stereocenters. The van der Waals surface area contributed by atoms with Crippen LogP contribution in [0.25, 0.3) is 22.0 Å². The highest BCUT2D eigenvalue weighted by Crippen LogP contribution is 2.26. The Bertz CT molecular complexity index is 882. The topological polar surface area (TPSA) is 50.2 Å². The second-order valence-corrected chi connectivity index (χ2v) is 5.66. The van der Waals surface area contributed by atoms with Crippen LogP contribution in [-0.2, 0) is 11.2 Å². The summed E-state index contributed by atoms with van der Waals surface area (Å²) in [5.41, 5.74) is 3.30. The van der Waals surface area contributed by atoms with E-state index in [2.05, 4.69) is 4.98 Å². The number of hydrogen-bond acceptors (Lipinski definition) is 2. The van der Waals surface area contributed by atoms with Crippen LogP contribution in [0.3, 0.4) is 0 Å². The van der Waals surface area contributed by atoms with Gasteiger partial charge in [0.05, 0.1) is 11.4 Å². The average molecular weight is 346 g/mol. The summed E-state index contributed by atoms with van der Waals surface area (Å²) in [6.45, 7) is 1.69. The third-order valence-corrected chi connectivity index (χ3v) is 3.92. The first-order valence-corrected chi connectivity index (χ1v) is 7.41. The largest absolute Gasteiger partial charge is 0.481 e. The first-order chi connectivity index (χ1) is 11.0. The summed E-state index contributed by atoms with van der Waals surface area (Å²) < 4.78 is 13.4. The molecule has 0 saturated heterocycles. The van der Waals surface area contributed by atoms with E-state index in [-0.39, 0.29) is 18.2 Å². The predicted molar refractivity (Wildman–Crippen MR) is 94.9 cm³/mol. The summed E-state index contributed by atoms with van der Waals surface area (Å²) in [5.74, 6) is -1.59. The van der Waals surface area contributed by atoms with Crippen molar-refractivity contribution in [3.63, 3.8) is 0 Å². The second-order valence-electron chi connectivity index (χ2n) is 5.66. The van der Waals surface area contributed by atoms with Gasteiger partial charge in [0.25, 0.3) is 0 Å². The molecule has 0 radical (unpaired) electrons. The van der Waals surface area contributed by atoms with E-state index in [1.807, 2.05) is 30.3 Å². The van der Waals surface area contributed by atoms with Crippen molar-refractivity contribution in [1.82, 2.24) is 4.98 Å². The number of aliphatic carboxylic acids is 1. The fourth-order valence-corrected chi connectivity index (χ4v) is 2.63. The minimum atomic E-state index is -0.823. The summed E-state index contributed by atoms with van der Waals surface area (Å²) in [5, 5.41) is 10.0. The second kappa shape index (κ2) is 7.41. The van der Waals surface area contributed by atoms with Crippen LogP contribution in [0, 0.1) is 11.7 Å². The Morgan fingerprint density at radius 3 is 2.62 bits per heavy atom. The first kappa shape index (κ1) is 17.9. The number of benzene rings is 2. The van der Waals surface area contributed by atoms with E-state index >= 15 is 0 Å². The highest BCUT2D eigenvalue weighted by Gasteiger charge is 2.14. The van der Waals surface area contributed by atoms with Gasteiger partial charge in [-0.1, -0.05) is 31.2 Å². The lowest BCUT2D eigenvalue weighted by atomic mass is 9.96. The lowest BCUT2D eigenvalue weighted by Crippen LogP contribution is -2.12. The number of fused-ring (bicyclic) bond motifs is 1. The lowest BCUT2D eigenvalue weighted by molar-refractivity contribution is -0.141. The number of carbonyl (C=O) groups is 1. The van der Waals surface area contributed by atoms with Gasteiger partial charge in [-0.3, -0.25) is 9.78 Å². The Balaban J connectivity index is 0.00000208. The molecule has 0 saturated carbocycles. The van der Waals surface area contributed by atoms with Gasteiger partial charge < -0.3 is 5.11 Å². The van der Waals surface area contributed by atoms with Gasteiger partial charge in [0, 0.05) is 17.1 Å². The average Bonchev–Trinajstić information content (AvgIpc) is 2.54. The van der Waals surface area contributed by atoms with E-state index in [0.29, 0.717) is 6.42 Å². The number of hydrogen-bond donors (Lipinski definition) is 1. The Morgan fingerprint density at radius 1 is 1.17 bits per heavy atom. The maximum atomic E-state index is 13.4. The highest BCUT2D eigenvalue weighted by molar-refractivity contribution is 5.87. The maximum absolute atomic E-state index is 13.4. The highest BCUT2D eigenvalue weighted by atomic mass is 35.5. The van der Waals surface area contributed by atoms with Crippen LogP contribution in [0.2, 0.25) is 0 Å². The number of halogens is 2. The van der Waals surface area contributed by atoms with Crippen LogP contribution >= 0.6 is 12.4 Å². The molecule has 0 fully saturated rings. The number of carboxylic acids is 1. The zero-order valence-electron chi connectivity index (χ0n) is 13.1. The molecule has 0 bridgehead atoms. The number of carboxylic acid groups (broad SMARTS) is 1. The molecule has 124 valence electrons. The molecule has 24 heavy (non-hydrogen) atoms. The molecule has 1 N–H and O–H groups in total. The molecule has 3 nitrogen and oxygen atoms in total. The Morgan fingerprint density at radius 2 is 1.92 bits per heavy atom. The molecule has 0 aliphatic heterocycles. The van der Waals surface area contributed by atoms with Crippen LogP contribution < -0.4 is 0 Å². The SMILES string of the molecule is CC(Cc1cccc2ncc(-c3cccc(F)c3)cc12)C(=O)O.Cl. The summed E-state index contributed by atoms with van der Waals surface area (Å²) in [6, 6.07) is 14.0. The predicted octanol–water partition coefficient (Wildman–Crippen LogP) is 4.73. The molecule has 0 amide bonds. The zero-order valence-corrected chi connectivity index (χ0v) is 13.9. The van der Waals surface area contributed by atoms with Crippen LogP contribution in [0.5, 0.6) is 0 Å². The van der Waals surface area contributed by atoms with Crippen molar-refractivity contribution in [3.05, 3.63) is 66.1 Å². The van der Waals surface area contributed by atoms with Gasteiger partial charge in [-0.2, -0.15) is 0 Å². The van der Waals surface area contributed by atoms with E-state index in [1.54, 1.807) is 19.2 Å². The number of nitrogens with zero attached hydrogens (tertiary/aromatic N) is 1. The minimum absolute atomic E-state index is 0. The summed E-state index contributed by atoms with van der Waals surface area (Å²) in [6.07, 6.45) is 2.14. The van der Waals surface area contributed by atoms with Crippen molar-refractivity contribution in [2.75, 3.05) is 0 Å². The van der Waals surface area contributed by atoms with Crippen LogP contribution in [-0.4, -0.2) is 16.1 Å². The molecule has 5 heteroatoms. The quantitative estimate of drug-likeness (QED) is 0.744. The molecular weight excluding hydrogens is 329 g/mol. The third kappa shape index (κ3) is 3.71. The summed E-state index contributed by atoms with van der Waals surface area (Å²) in [7, 11) is 0. The van der Waals surface area contributed by atoms with Crippen molar-refractivity contribution in [2.24, 2.45) is 5.92 Å². The van der Waals surface area contributed by atoms with E-state index in [4.69, 9.17) is 5.11 Å². The zero-order chi connectivity index (χ0) is 16.4. The smallest absolute Gasteiger partial charge is 0.306 e. The number of pyridine rings is 1. The fraction of sp³-hybridized carbons (Fsp3) is 0.158. The molecule has 0 aliphatic rings. The van der Waals surface area contributed by atoms with E-state index in [9.17, 15) is 9.18 Å². The molecule has 3 rings (SSSR count). The van der Waals surface area contributed by atoms with Crippen LogP contribution in [0.15, 0.2) is 54.7 Å². The summed E-state index contributed by atoms with van der Waals surface area (Å²) in [4.78, 5) is 15.5. The van der Waals surface area contributed by atoms with Crippen molar-refractivity contribution in [1.29, 1.82) is 0 Å². The standard InChI is InChI=1S/C19H16FNO2.ClH/c1-12(19(22)23)8-14-5-3-7-18-17(14)10-15(11-21-18)13-4-2-6-16(20)9-13;/h2-7,9-12H,8H2,1H3,(H,22,23);1H. The maximum Gasteiger partial charge on any atom is 0.306 e. The Labute approximate surface area is 145 Å². The van der Waals surface area contributed by atoms with Crippen LogP contribution in [0.4, 0.5) is 4.39 Å². The van der Waals surface area contributed by atoms with Gasteiger partial charge in [0.1, 0.15) is 5.82 Å². The van der Waals surface area contributed by atoms with E-state index < -0.39 is 11.9 Å². The van der Waals surface area contributed by atoms with Crippen molar-refractivity contribution in [2.45, 2.75) is 13.3 Å². The van der Waals surface area contributed by atoms with Gasteiger partial charge in [0.15, 0.2) is 0 Å². The molecule has 3 aromatic rings. The minimum Gasteiger partial charge on any atom is -0.481 e. The van der Waals surface area contributed by atoms with Gasteiger partial charge >= 0.3 is 5.97 Å². The summed E-state index contributed by atoms with van der Waals surface area (Å²) >= 11 is 0. The first-order valence-electron chi connectivity index (χ1n) is 7.41. The third-order valence-electron chi connectivity index (χ3n) is 3.92. The molecule has 0 spiro atoms. The van der Waals surface area contributed by atoms with Gasteiger partial charge in [0.2, 0.25) is 0 Å².